The molecule has 0 saturated carbocycles. The average molecular weight is 262 g/mol. The molecule has 4 nitrogen and oxygen atoms in total. The van der Waals surface area contributed by atoms with Gasteiger partial charge in [-0.25, -0.2) is 9.97 Å². The van der Waals surface area contributed by atoms with Gasteiger partial charge in [0.15, 0.2) is 11.5 Å². The number of para-hydroxylation sites is 2. The van der Waals surface area contributed by atoms with Gasteiger partial charge in [0.05, 0.1) is 11.0 Å². The molecule has 0 unspecified atom stereocenters. The van der Waals surface area contributed by atoms with Gasteiger partial charge in [-0.05, 0) is 12.1 Å². The van der Waals surface area contributed by atoms with Gasteiger partial charge in [0, 0.05) is 10.8 Å². The van der Waals surface area contributed by atoms with Crippen molar-refractivity contribution in [1.29, 1.82) is 0 Å². The van der Waals surface area contributed by atoms with Gasteiger partial charge in [0.2, 0.25) is 0 Å². The first-order valence-corrected chi connectivity index (χ1v) is 6.25. The number of nitrogens with zero attached hydrogens (tertiary/aromatic N) is 2. The highest BCUT2D eigenvalue weighted by atomic mass is 16.3. The Hall–Kier alpha value is -2.88. The number of benzene rings is 3. The van der Waals surface area contributed by atoms with Crippen LogP contribution in [-0.2, 0) is 0 Å². The van der Waals surface area contributed by atoms with E-state index in [1.54, 1.807) is 6.07 Å². The maximum atomic E-state index is 10.2. The lowest BCUT2D eigenvalue weighted by Crippen LogP contribution is -1.90. The second-order valence-corrected chi connectivity index (χ2v) is 4.65. The van der Waals surface area contributed by atoms with Crippen molar-refractivity contribution in [2.75, 3.05) is 0 Å². The minimum absolute atomic E-state index is 0.155. The van der Waals surface area contributed by atoms with Crippen LogP contribution in [0, 0.1) is 0 Å². The number of phenols is 2. The van der Waals surface area contributed by atoms with E-state index < -0.39 is 0 Å². The van der Waals surface area contributed by atoms with Crippen molar-refractivity contribution in [3.05, 3.63) is 48.5 Å². The summed E-state index contributed by atoms with van der Waals surface area (Å²) in [6, 6.07) is 14.7. The molecule has 4 heteroatoms. The van der Waals surface area contributed by atoms with E-state index in [2.05, 4.69) is 9.97 Å². The van der Waals surface area contributed by atoms with Crippen LogP contribution in [0.25, 0.3) is 32.8 Å². The van der Waals surface area contributed by atoms with E-state index in [1.165, 1.54) is 0 Å². The summed E-state index contributed by atoms with van der Waals surface area (Å²) in [5.74, 6) is -0.380. The topological polar surface area (TPSA) is 66.2 Å². The molecule has 0 bridgehead atoms. The third-order valence-corrected chi connectivity index (χ3v) is 3.46. The highest BCUT2D eigenvalue weighted by Gasteiger charge is 2.15. The molecule has 2 N–H and O–H groups in total. The highest BCUT2D eigenvalue weighted by Crippen LogP contribution is 2.40. The number of rotatable bonds is 0. The zero-order valence-corrected chi connectivity index (χ0v) is 10.4. The molecule has 0 aliphatic rings. The molecular weight excluding hydrogens is 252 g/mol. The molecule has 0 fully saturated rings. The zero-order valence-electron chi connectivity index (χ0n) is 10.4. The van der Waals surface area contributed by atoms with E-state index >= 15 is 0 Å². The molecule has 0 radical (unpaired) electrons. The summed E-state index contributed by atoms with van der Waals surface area (Å²) in [4.78, 5) is 8.99. The Morgan fingerprint density at radius 2 is 1.15 bits per heavy atom. The van der Waals surface area contributed by atoms with Gasteiger partial charge in [0.1, 0.15) is 11.0 Å². The lowest BCUT2D eigenvalue weighted by Gasteiger charge is -2.09. The van der Waals surface area contributed by atoms with Crippen LogP contribution in [0.3, 0.4) is 0 Å². The molecule has 20 heavy (non-hydrogen) atoms. The van der Waals surface area contributed by atoms with Crippen LogP contribution in [0.1, 0.15) is 0 Å². The van der Waals surface area contributed by atoms with Crippen LogP contribution in [0.4, 0.5) is 0 Å². The van der Waals surface area contributed by atoms with Crippen LogP contribution in [0.5, 0.6) is 11.5 Å². The van der Waals surface area contributed by atoms with Gasteiger partial charge in [-0.15, -0.1) is 0 Å². The summed E-state index contributed by atoms with van der Waals surface area (Å²) in [6.45, 7) is 0. The van der Waals surface area contributed by atoms with E-state index in [9.17, 15) is 10.2 Å². The van der Waals surface area contributed by atoms with E-state index in [0.717, 1.165) is 10.9 Å². The first kappa shape index (κ1) is 11.0. The third kappa shape index (κ3) is 1.36. The molecule has 0 spiro atoms. The number of aromatic nitrogens is 2. The predicted octanol–water partition coefficient (Wildman–Crippen LogP) is 3.35. The molecule has 0 aliphatic carbocycles. The second kappa shape index (κ2) is 3.81. The molecule has 1 heterocycles. The lowest BCUT2D eigenvalue weighted by atomic mass is 10.1. The van der Waals surface area contributed by atoms with Crippen LogP contribution in [-0.4, -0.2) is 20.2 Å². The lowest BCUT2D eigenvalue weighted by molar-refractivity contribution is 0.412. The summed E-state index contributed by atoms with van der Waals surface area (Å²) < 4.78 is 0. The number of hydrogen-bond acceptors (Lipinski definition) is 4. The molecule has 0 atom stereocenters. The van der Waals surface area contributed by atoms with Gasteiger partial charge >= 0.3 is 0 Å². The van der Waals surface area contributed by atoms with Crippen molar-refractivity contribution in [2.24, 2.45) is 0 Å². The zero-order chi connectivity index (χ0) is 13.7. The first-order chi connectivity index (χ1) is 9.75. The first-order valence-electron chi connectivity index (χ1n) is 6.25. The Bertz CT molecular complexity index is 980. The number of phenolic OH excluding ortho intramolecular Hbond substituents is 2. The second-order valence-electron chi connectivity index (χ2n) is 4.65. The number of aromatic hydroxyl groups is 2. The third-order valence-electron chi connectivity index (χ3n) is 3.46. The Morgan fingerprint density at radius 1 is 0.600 bits per heavy atom. The fraction of sp³-hybridized carbons (Fsp3) is 0. The summed E-state index contributed by atoms with van der Waals surface area (Å²) in [5, 5.41) is 21.6. The number of hydrogen-bond donors (Lipinski definition) is 2. The van der Waals surface area contributed by atoms with Crippen LogP contribution < -0.4 is 0 Å². The van der Waals surface area contributed by atoms with Crippen LogP contribution in [0.15, 0.2) is 48.5 Å². The van der Waals surface area contributed by atoms with Gasteiger partial charge in [-0.2, -0.15) is 0 Å². The minimum atomic E-state index is -0.225. The maximum absolute atomic E-state index is 10.2. The monoisotopic (exact) mass is 262 g/mol. The molecule has 0 saturated heterocycles. The van der Waals surface area contributed by atoms with Crippen molar-refractivity contribution in [3.63, 3.8) is 0 Å². The normalized spacial score (nSPS) is 11.4. The fourth-order valence-electron chi connectivity index (χ4n) is 2.49. The molecule has 96 valence electrons. The molecule has 0 aliphatic heterocycles. The smallest absolute Gasteiger partial charge is 0.186 e. The largest absolute Gasteiger partial charge is 0.504 e. The van der Waals surface area contributed by atoms with Crippen LogP contribution in [0.2, 0.25) is 0 Å². The van der Waals surface area contributed by atoms with E-state index in [1.807, 2.05) is 42.5 Å². The molecule has 3 aromatic carbocycles. The summed E-state index contributed by atoms with van der Waals surface area (Å²) in [5.41, 5.74) is 2.36. The van der Waals surface area contributed by atoms with Gasteiger partial charge < -0.3 is 10.2 Å². The van der Waals surface area contributed by atoms with Crippen molar-refractivity contribution in [3.8, 4) is 11.5 Å². The molecule has 4 aromatic rings. The maximum Gasteiger partial charge on any atom is 0.186 e. The van der Waals surface area contributed by atoms with E-state index in [0.29, 0.717) is 21.9 Å². The van der Waals surface area contributed by atoms with E-state index in [-0.39, 0.29) is 11.5 Å². The molecule has 1 aromatic heterocycles. The SMILES string of the molecule is Oc1c(O)c2nc3ccccc3nc2c2ccccc12. The van der Waals surface area contributed by atoms with Crippen molar-refractivity contribution in [1.82, 2.24) is 9.97 Å². The fourth-order valence-corrected chi connectivity index (χ4v) is 2.49. The Kier molecular flexibility index (Phi) is 2.09. The Morgan fingerprint density at radius 3 is 1.85 bits per heavy atom. The van der Waals surface area contributed by atoms with Crippen molar-refractivity contribution < 1.29 is 10.2 Å². The standard InChI is InChI=1S/C16H10N2O2/c19-15-10-6-2-1-5-9(10)13-14(16(15)20)18-12-8-4-3-7-11(12)17-13/h1-8,19-20H. The molecular formula is C16H10N2O2. The van der Waals surface area contributed by atoms with Gasteiger partial charge in [-0.1, -0.05) is 36.4 Å². The van der Waals surface area contributed by atoms with E-state index in [4.69, 9.17) is 0 Å². The van der Waals surface area contributed by atoms with Crippen molar-refractivity contribution in [2.45, 2.75) is 0 Å². The molecule has 0 amide bonds. The summed E-state index contributed by atoms with van der Waals surface area (Å²) in [7, 11) is 0. The quantitative estimate of drug-likeness (QED) is 0.290. The average Bonchev–Trinajstić information content (AvgIpc) is 2.51. The Balaban J connectivity index is 2.33. The minimum Gasteiger partial charge on any atom is -0.504 e. The number of fused-ring (bicyclic) bond motifs is 4. The van der Waals surface area contributed by atoms with Crippen LogP contribution >= 0.6 is 0 Å². The van der Waals surface area contributed by atoms with Gasteiger partial charge in [-0.3, -0.25) is 0 Å². The molecule has 4 rings (SSSR count). The van der Waals surface area contributed by atoms with Crippen molar-refractivity contribution >= 4 is 32.8 Å². The highest BCUT2D eigenvalue weighted by molar-refractivity contribution is 6.11. The Labute approximate surface area is 114 Å². The predicted molar refractivity (Wildman–Crippen MR) is 77.9 cm³/mol. The summed E-state index contributed by atoms with van der Waals surface area (Å²) in [6.07, 6.45) is 0. The van der Waals surface area contributed by atoms with Gasteiger partial charge in [0.25, 0.3) is 0 Å². The summed E-state index contributed by atoms with van der Waals surface area (Å²) >= 11 is 0.